The number of carbonyl (C=O) groups is 1. The van der Waals surface area contributed by atoms with Crippen LogP contribution in [-0.4, -0.2) is 74.0 Å². The maximum Gasteiger partial charge on any atom is 0.404 e. The number of nitrogens with zero attached hydrogens (tertiary/aromatic N) is 1. The summed E-state index contributed by atoms with van der Waals surface area (Å²) in [6.07, 6.45) is -1.77. The summed E-state index contributed by atoms with van der Waals surface area (Å²) >= 11 is 0. The molecule has 0 aliphatic heterocycles. The summed E-state index contributed by atoms with van der Waals surface area (Å²) in [5, 5.41) is 32.4. The fourth-order valence-corrected chi connectivity index (χ4v) is 5.64. The van der Waals surface area contributed by atoms with Gasteiger partial charge in [-0.25, -0.2) is 21.6 Å². The number of phenolic OH excluding ortho intramolecular Hbond substituents is 1. The minimum Gasteiger partial charge on any atom is -0.506 e. The Morgan fingerprint density at radius 3 is 2.20 bits per heavy atom. The van der Waals surface area contributed by atoms with Crippen molar-refractivity contribution in [2.45, 2.75) is 37.3 Å². The van der Waals surface area contributed by atoms with E-state index in [1.54, 1.807) is 44.2 Å². The molecule has 0 heterocycles. The zero-order chi connectivity index (χ0) is 26.4. The van der Waals surface area contributed by atoms with Crippen molar-refractivity contribution >= 4 is 31.8 Å². The third-order valence-electron chi connectivity index (χ3n) is 4.93. The van der Waals surface area contributed by atoms with Crippen molar-refractivity contribution in [2.24, 2.45) is 5.92 Å². The number of carboxylic acid groups (broad SMARTS) is 1. The highest BCUT2D eigenvalue weighted by Gasteiger charge is 2.32. The standard InChI is InChI=1S/C22H31N3O8S2/c1-15(2)13-25(14-21(27)18(23-22(28)29)11-16-7-5-4-6-8-16)35(32,33)17-9-10-20(26)19(12-17)24-34(3,30)31/h4-10,12,15,18,21,23-24,26-27H,11,13-14H2,1-3H3,(H,28,29)/t18-,21-/m0/s1. The Kier molecular flexibility index (Phi) is 9.49. The molecule has 0 fully saturated rings. The third-order valence-corrected chi connectivity index (χ3v) is 7.35. The van der Waals surface area contributed by atoms with Gasteiger partial charge in [0.1, 0.15) is 5.75 Å². The largest absolute Gasteiger partial charge is 0.506 e. The van der Waals surface area contributed by atoms with E-state index in [0.717, 1.165) is 34.3 Å². The summed E-state index contributed by atoms with van der Waals surface area (Å²) in [6, 6.07) is 11.0. The molecular weight excluding hydrogens is 498 g/mol. The molecule has 194 valence electrons. The zero-order valence-electron chi connectivity index (χ0n) is 19.6. The van der Waals surface area contributed by atoms with E-state index in [4.69, 9.17) is 0 Å². The Hall–Kier alpha value is -2.87. The number of amides is 1. The Balaban J connectivity index is 2.38. The van der Waals surface area contributed by atoms with E-state index in [1.165, 1.54) is 0 Å². The van der Waals surface area contributed by atoms with Gasteiger partial charge < -0.3 is 20.6 Å². The monoisotopic (exact) mass is 529 g/mol. The van der Waals surface area contributed by atoms with Gasteiger partial charge in [0.25, 0.3) is 0 Å². The molecule has 0 unspecified atom stereocenters. The van der Waals surface area contributed by atoms with Crippen LogP contribution in [0.3, 0.4) is 0 Å². The second kappa shape index (κ2) is 11.7. The molecule has 2 atom stereocenters. The number of rotatable bonds is 12. The lowest BCUT2D eigenvalue weighted by Crippen LogP contribution is -2.50. The van der Waals surface area contributed by atoms with Gasteiger partial charge in [-0.2, -0.15) is 4.31 Å². The highest BCUT2D eigenvalue weighted by atomic mass is 32.2. The van der Waals surface area contributed by atoms with Crippen LogP contribution in [0.15, 0.2) is 53.4 Å². The fraction of sp³-hybridized carbons (Fsp3) is 0.409. The van der Waals surface area contributed by atoms with Gasteiger partial charge in [0, 0.05) is 13.1 Å². The number of aliphatic hydroxyl groups excluding tert-OH is 1. The molecule has 0 aliphatic carbocycles. The van der Waals surface area contributed by atoms with Gasteiger partial charge >= 0.3 is 6.09 Å². The highest BCUT2D eigenvalue weighted by Crippen LogP contribution is 2.29. The Bertz CT molecular complexity index is 1220. The summed E-state index contributed by atoms with van der Waals surface area (Å²) in [4.78, 5) is 11.0. The van der Waals surface area contributed by atoms with Crippen LogP contribution < -0.4 is 10.0 Å². The van der Waals surface area contributed by atoms with Gasteiger partial charge in [-0.15, -0.1) is 0 Å². The summed E-state index contributed by atoms with van der Waals surface area (Å²) in [5.74, 6) is -0.610. The smallest absolute Gasteiger partial charge is 0.404 e. The lowest BCUT2D eigenvalue weighted by molar-refractivity contribution is 0.0980. The number of phenols is 1. The van der Waals surface area contributed by atoms with Crippen LogP contribution in [0.1, 0.15) is 19.4 Å². The molecule has 0 saturated carbocycles. The molecule has 0 saturated heterocycles. The van der Waals surface area contributed by atoms with E-state index >= 15 is 0 Å². The normalized spacial score (nSPS) is 14.0. The number of sulfonamides is 2. The van der Waals surface area contributed by atoms with Crippen molar-refractivity contribution in [3.63, 3.8) is 0 Å². The number of aromatic hydroxyl groups is 1. The third kappa shape index (κ3) is 8.69. The van der Waals surface area contributed by atoms with Gasteiger partial charge in [0.15, 0.2) is 0 Å². The molecule has 0 aliphatic rings. The number of aliphatic hydroxyl groups is 1. The van der Waals surface area contributed by atoms with Crippen molar-refractivity contribution in [1.82, 2.24) is 9.62 Å². The average Bonchev–Trinajstić information content (AvgIpc) is 2.73. The number of anilines is 1. The highest BCUT2D eigenvalue weighted by molar-refractivity contribution is 7.92. The first-order valence-corrected chi connectivity index (χ1v) is 14.0. The number of hydrogen-bond donors (Lipinski definition) is 5. The Morgan fingerprint density at radius 1 is 1.03 bits per heavy atom. The van der Waals surface area contributed by atoms with Crippen LogP contribution >= 0.6 is 0 Å². The van der Waals surface area contributed by atoms with Crippen LogP contribution in [0, 0.1) is 5.92 Å². The summed E-state index contributed by atoms with van der Waals surface area (Å²) in [6.45, 7) is 3.13. The van der Waals surface area contributed by atoms with Gasteiger partial charge in [0.05, 0.1) is 29.0 Å². The first-order valence-electron chi connectivity index (χ1n) is 10.7. The summed E-state index contributed by atoms with van der Waals surface area (Å²) in [5.41, 5.74) is 0.437. The van der Waals surface area contributed by atoms with Crippen molar-refractivity contribution in [1.29, 1.82) is 0 Å². The van der Waals surface area contributed by atoms with Crippen molar-refractivity contribution in [2.75, 3.05) is 24.1 Å². The summed E-state index contributed by atoms with van der Waals surface area (Å²) < 4.78 is 53.2. The van der Waals surface area contributed by atoms with Crippen molar-refractivity contribution in [3.8, 4) is 5.75 Å². The molecule has 0 spiro atoms. The van der Waals surface area contributed by atoms with Gasteiger partial charge in [-0.1, -0.05) is 44.2 Å². The molecule has 35 heavy (non-hydrogen) atoms. The minimum absolute atomic E-state index is 0.000235. The van der Waals surface area contributed by atoms with Gasteiger partial charge in [-0.05, 0) is 36.1 Å². The van der Waals surface area contributed by atoms with E-state index in [9.17, 15) is 36.9 Å². The SMILES string of the molecule is CC(C)CN(C[C@H](O)[C@H](Cc1ccccc1)NC(=O)O)S(=O)(=O)c1ccc(O)c(NS(C)(=O)=O)c1. The lowest BCUT2D eigenvalue weighted by Gasteiger charge is -2.30. The molecule has 11 nitrogen and oxygen atoms in total. The van der Waals surface area contributed by atoms with E-state index in [-0.39, 0.29) is 29.5 Å². The van der Waals surface area contributed by atoms with E-state index < -0.39 is 50.6 Å². The number of benzene rings is 2. The molecular formula is C22H31N3O8S2. The van der Waals surface area contributed by atoms with E-state index in [2.05, 4.69) is 10.0 Å². The lowest BCUT2D eigenvalue weighted by atomic mass is 10.0. The number of hydrogen-bond acceptors (Lipinski definition) is 7. The van der Waals surface area contributed by atoms with E-state index in [1.807, 2.05) is 0 Å². The Morgan fingerprint density at radius 2 is 1.66 bits per heavy atom. The fourth-order valence-electron chi connectivity index (χ4n) is 3.43. The van der Waals surface area contributed by atoms with E-state index in [0.29, 0.717) is 0 Å². The number of nitrogens with one attached hydrogen (secondary N) is 2. The van der Waals surface area contributed by atoms with Crippen molar-refractivity contribution in [3.05, 3.63) is 54.1 Å². The predicted molar refractivity (Wildman–Crippen MR) is 131 cm³/mol. The topological polar surface area (TPSA) is 173 Å². The molecule has 2 aromatic rings. The first kappa shape index (κ1) is 28.4. The maximum atomic E-state index is 13.5. The molecule has 0 bridgehead atoms. The van der Waals surface area contributed by atoms with Crippen LogP contribution in [0.25, 0.3) is 0 Å². The molecule has 0 radical (unpaired) electrons. The molecule has 1 amide bonds. The van der Waals surface area contributed by atoms with Gasteiger partial charge in [0.2, 0.25) is 20.0 Å². The molecule has 2 rings (SSSR count). The quantitative estimate of drug-likeness (QED) is 0.258. The van der Waals surface area contributed by atoms with Crippen LogP contribution in [0.5, 0.6) is 5.75 Å². The first-order chi connectivity index (χ1) is 16.2. The molecule has 0 aromatic heterocycles. The van der Waals surface area contributed by atoms with Gasteiger partial charge in [-0.3, -0.25) is 4.72 Å². The second-order valence-electron chi connectivity index (χ2n) is 8.58. The van der Waals surface area contributed by atoms with Crippen LogP contribution in [-0.2, 0) is 26.5 Å². The van der Waals surface area contributed by atoms with Crippen molar-refractivity contribution < 1.29 is 36.9 Å². The van der Waals surface area contributed by atoms with Crippen LogP contribution in [0.2, 0.25) is 0 Å². The Labute approximate surface area is 205 Å². The zero-order valence-corrected chi connectivity index (χ0v) is 21.3. The maximum absolute atomic E-state index is 13.5. The average molecular weight is 530 g/mol. The minimum atomic E-state index is -4.27. The second-order valence-corrected chi connectivity index (χ2v) is 12.3. The molecule has 5 N–H and O–H groups in total. The predicted octanol–water partition coefficient (Wildman–Crippen LogP) is 1.65. The van der Waals surface area contributed by atoms with Crippen LogP contribution in [0.4, 0.5) is 10.5 Å². The molecule has 2 aromatic carbocycles. The summed E-state index contributed by atoms with van der Waals surface area (Å²) in [7, 11) is -8.06. The molecule has 13 heteroatoms.